The Morgan fingerprint density at radius 2 is 1.96 bits per heavy atom. The Hall–Kier alpha value is -2.70. The van der Waals surface area contributed by atoms with E-state index in [1.807, 2.05) is 19.1 Å². The molecule has 0 saturated heterocycles. The molecule has 3 aromatic rings. The van der Waals surface area contributed by atoms with E-state index in [0.717, 1.165) is 5.69 Å². The lowest BCUT2D eigenvalue weighted by atomic mass is 10.3. The highest BCUT2D eigenvalue weighted by molar-refractivity contribution is 6.30. The van der Waals surface area contributed by atoms with Crippen LogP contribution in [0.4, 0.5) is 5.69 Å². The highest BCUT2D eigenvalue weighted by Gasteiger charge is 2.10. The summed E-state index contributed by atoms with van der Waals surface area (Å²) >= 11 is 5.83. The average Bonchev–Trinajstić information content (AvgIpc) is 2.56. The summed E-state index contributed by atoms with van der Waals surface area (Å²) in [5.74, 6) is -0.150. The number of anilines is 1. The topological polar surface area (TPSA) is 66.7 Å². The van der Waals surface area contributed by atoms with Crippen LogP contribution in [-0.2, 0) is 11.3 Å². The molecule has 0 aliphatic heterocycles. The third-order valence-corrected chi connectivity index (χ3v) is 4.16. The molecule has 0 radical (unpaired) electrons. The summed E-state index contributed by atoms with van der Waals surface area (Å²) in [5.41, 5.74) is 2.63. The second-order valence-electron chi connectivity index (χ2n) is 6.17. The number of likely N-dealkylation sites (N-methyl/N-ethyl adjacent to an activating group) is 1. The smallest absolute Gasteiger partial charge is 0.258 e. The van der Waals surface area contributed by atoms with Crippen molar-refractivity contribution in [2.75, 3.05) is 18.9 Å². The summed E-state index contributed by atoms with van der Waals surface area (Å²) in [5, 5.41) is 3.42. The number of hydrogen-bond donors (Lipinski definition) is 1. The first kappa shape index (κ1) is 18.1. The van der Waals surface area contributed by atoms with Crippen molar-refractivity contribution in [2.45, 2.75) is 13.5 Å². The van der Waals surface area contributed by atoms with Gasteiger partial charge in [-0.3, -0.25) is 18.9 Å². The number of carbonyl (C=O) groups is 1. The van der Waals surface area contributed by atoms with E-state index in [1.165, 1.54) is 6.07 Å². The van der Waals surface area contributed by atoms with Crippen molar-refractivity contribution in [3.05, 3.63) is 75.3 Å². The molecule has 0 bridgehead atoms. The van der Waals surface area contributed by atoms with Crippen LogP contribution in [0.3, 0.4) is 0 Å². The summed E-state index contributed by atoms with van der Waals surface area (Å²) in [6, 6.07) is 14.0. The highest BCUT2D eigenvalue weighted by atomic mass is 35.5. The van der Waals surface area contributed by atoms with Crippen LogP contribution in [0.5, 0.6) is 0 Å². The van der Waals surface area contributed by atoms with Gasteiger partial charge in [0.2, 0.25) is 5.91 Å². The van der Waals surface area contributed by atoms with Crippen LogP contribution < -0.4 is 10.9 Å². The van der Waals surface area contributed by atoms with E-state index >= 15 is 0 Å². The number of nitrogens with one attached hydrogen (secondary N) is 1. The number of carbonyl (C=O) groups excluding carboxylic acids is 1. The molecular weight excluding hydrogens is 352 g/mol. The molecule has 0 spiro atoms. The van der Waals surface area contributed by atoms with Crippen molar-refractivity contribution in [3.63, 3.8) is 0 Å². The molecule has 0 atom stereocenters. The Labute approximate surface area is 156 Å². The number of rotatable bonds is 5. The molecule has 26 heavy (non-hydrogen) atoms. The molecule has 134 valence electrons. The van der Waals surface area contributed by atoms with Crippen LogP contribution in [0.1, 0.15) is 11.4 Å². The number of aryl methyl sites for hydroxylation is 1. The molecular formula is C19H19ClN4O2. The lowest BCUT2D eigenvalue weighted by Gasteiger charge is -2.16. The average molecular weight is 371 g/mol. The minimum Gasteiger partial charge on any atom is -0.325 e. The minimum absolute atomic E-state index is 0.123. The molecule has 2 aromatic heterocycles. The van der Waals surface area contributed by atoms with Crippen LogP contribution in [0, 0.1) is 6.92 Å². The van der Waals surface area contributed by atoms with Gasteiger partial charge in [0.15, 0.2) is 0 Å². The number of pyridine rings is 1. The van der Waals surface area contributed by atoms with Crippen LogP contribution in [0.15, 0.2) is 53.3 Å². The molecule has 1 N–H and O–H groups in total. The molecule has 0 saturated carbocycles. The second kappa shape index (κ2) is 7.68. The molecule has 1 aromatic carbocycles. The lowest BCUT2D eigenvalue weighted by Crippen LogP contribution is -2.30. The van der Waals surface area contributed by atoms with Gasteiger partial charge in [-0.25, -0.2) is 4.98 Å². The van der Waals surface area contributed by atoms with Gasteiger partial charge in [0, 0.05) is 29.0 Å². The Bertz CT molecular complexity index is 999. The largest absolute Gasteiger partial charge is 0.325 e. The van der Waals surface area contributed by atoms with Gasteiger partial charge in [-0.15, -0.1) is 0 Å². The van der Waals surface area contributed by atoms with Gasteiger partial charge in [0.1, 0.15) is 5.65 Å². The number of fused-ring (bicyclic) bond motifs is 1. The van der Waals surface area contributed by atoms with Gasteiger partial charge in [-0.1, -0.05) is 17.7 Å². The quantitative estimate of drug-likeness (QED) is 0.750. The first-order valence-electron chi connectivity index (χ1n) is 8.14. The Balaban J connectivity index is 1.67. The summed E-state index contributed by atoms with van der Waals surface area (Å²) < 4.78 is 1.57. The number of amides is 1. The van der Waals surface area contributed by atoms with Gasteiger partial charge in [-0.05, 0) is 50.4 Å². The number of hydrogen-bond acceptors (Lipinski definition) is 4. The zero-order valence-corrected chi connectivity index (χ0v) is 15.3. The molecule has 3 rings (SSSR count). The van der Waals surface area contributed by atoms with Crippen LogP contribution >= 0.6 is 11.6 Å². The third kappa shape index (κ3) is 4.28. The van der Waals surface area contributed by atoms with E-state index in [4.69, 9.17) is 11.6 Å². The molecule has 6 nitrogen and oxygen atoms in total. The summed E-state index contributed by atoms with van der Waals surface area (Å²) in [4.78, 5) is 30.8. The summed E-state index contributed by atoms with van der Waals surface area (Å²) in [6.45, 7) is 2.44. The molecule has 7 heteroatoms. The van der Waals surface area contributed by atoms with E-state index in [0.29, 0.717) is 28.6 Å². The number of nitrogens with zero attached hydrogens (tertiary/aromatic N) is 3. The number of aromatic nitrogens is 2. The van der Waals surface area contributed by atoms with Crippen molar-refractivity contribution in [2.24, 2.45) is 0 Å². The van der Waals surface area contributed by atoms with Crippen LogP contribution in [0.2, 0.25) is 5.02 Å². The number of halogens is 1. The standard InChI is InChI=1S/C19H19ClN4O2/c1-13-4-3-5-17-21-16(10-19(26)24(13)17)11-23(2)12-18(25)22-15-8-6-14(20)7-9-15/h3-10H,11-12H2,1-2H3,(H,22,25). The maximum absolute atomic E-state index is 12.3. The van der Waals surface area contributed by atoms with Gasteiger partial charge < -0.3 is 5.32 Å². The third-order valence-electron chi connectivity index (χ3n) is 3.91. The first-order valence-corrected chi connectivity index (χ1v) is 8.52. The van der Waals surface area contributed by atoms with Crippen molar-refractivity contribution in [1.29, 1.82) is 0 Å². The van der Waals surface area contributed by atoms with E-state index < -0.39 is 0 Å². The number of benzene rings is 1. The lowest BCUT2D eigenvalue weighted by molar-refractivity contribution is -0.117. The van der Waals surface area contributed by atoms with E-state index in [9.17, 15) is 9.59 Å². The zero-order valence-electron chi connectivity index (χ0n) is 14.6. The van der Waals surface area contributed by atoms with Crippen LogP contribution in [-0.4, -0.2) is 33.8 Å². The molecule has 2 heterocycles. The van der Waals surface area contributed by atoms with Crippen molar-refractivity contribution in [1.82, 2.24) is 14.3 Å². The Morgan fingerprint density at radius 3 is 2.69 bits per heavy atom. The fraction of sp³-hybridized carbons (Fsp3) is 0.211. The van der Waals surface area contributed by atoms with Gasteiger partial charge in [0.05, 0.1) is 12.2 Å². The van der Waals surface area contributed by atoms with Gasteiger partial charge in [-0.2, -0.15) is 0 Å². The van der Waals surface area contributed by atoms with Gasteiger partial charge in [0.25, 0.3) is 5.56 Å². The molecule has 1 amide bonds. The molecule has 0 unspecified atom stereocenters. The van der Waals surface area contributed by atoms with Crippen LogP contribution in [0.25, 0.3) is 5.65 Å². The summed E-state index contributed by atoms with van der Waals surface area (Å²) in [6.07, 6.45) is 0. The van der Waals surface area contributed by atoms with E-state index in [1.54, 1.807) is 46.7 Å². The normalized spacial score (nSPS) is 11.1. The van der Waals surface area contributed by atoms with Crippen molar-refractivity contribution < 1.29 is 4.79 Å². The second-order valence-corrected chi connectivity index (χ2v) is 6.61. The fourth-order valence-electron chi connectivity index (χ4n) is 2.76. The maximum atomic E-state index is 12.3. The fourth-order valence-corrected chi connectivity index (χ4v) is 2.88. The monoisotopic (exact) mass is 370 g/mol. The van der Waals surface area contributed by atoms with E-state index in [2.05, 4.69) is 10.3 Å². The van der Waals surface area contributed by atoms with E-state index in [-0.39, 0.29) is 18.0 Å². The predicted octanol–water partition coefficient (Wildman–Crippen LogP) is 2.73. The predicted molar refractivity (Wildman–Crippen MR) is 103 cm³/mol. The minimum atomic E-state index is -0.150. The summed E-state index contributed by atoms with van der Waals surface area (Å²) in [7, 11) is 1.81. The molecule has 0 aliphatic rings. The Kier molecular flexibility index (Phi) is 5.35. The highest BCUT2D eigenvalue weighted by Crippen LogP contribution is 2.13. The van der Waals surface area contributed by atoms with Gasteiger partial charge >= 0.3 is 0 Å². The molecule has 0 fully saturated rings. The SMILES string of the molecule is Cc1cccc2nc(CN(C)CC(=O)Nc3ccc(Cl)cc3)cc(=O)n12. The molecule has 0 aliphatic carbocycles. The van der Waals surface area contributed by atoms with Crippen molar-refractivity contribution in [3.8, 4) is 0 Å². The Morgan fingerprint density at radius 1 is 1.23 bits per heavy atom. The van der Waals surface area contributed by atoms with Crippen molar-refractivity contribution >= 4 is 28.8 Å². The maximum Gasteiger partial charge on any atom is 0.258 e. The first-order chi connectivity index (χ1) is 12.4. The zero-order chi connectivity index (χ0) is 18.7.